The van der Waals surface area contributed by atoms with Gasteiger partial charge in [-0.3, -0.25) is 4.68 Å². The quantitative estimate of drug-likeness (QED) is 0.576. The molecule has 0 bridgehead atoms. The highest BCUT2D eigenvalue weighted by molar-refractivity contribution is 4.92. The summed E-state index contributed by atoms with van der Waals surface area (Å²) in [7, 11) is 0. The average Bonchev–Trinajstić information content (AvgIpc) is 2.78. The highest BCUT2D eigenvalue weighted by Gasteiger charge is 2.00. The summed E-state index contributed by atoms with van der Waals surface area (Å²) >= 11 is 0. The summed E-state index contributed by atoms with van der Waals surface area (Å²) in [6.07, 6.45) is 13.6. The molecule has 0 aliphatic rings. The molecule has 0 N–H and O–H groups in total. The zero-order chi connectivity index (χ0) is 12.3. The van der Waals surface area contributed by atoms with E-state index in [-0.39, 0.29) is 0 Å². The monoisotopic (exact) mass is 237 g/mol. The molecule has 1 heterocycles. The van der Waals surface area contributed by atoms with Gasteiger partial charge in [0, 0.05) is 12.7 Å². The largest absolute Gasteiger partial charge is 0.252 e. The van der Waals surface area contributed by atoms with Gasteiger partial charge in [-0.25, -0.2) is 0 Å². The maximum absolute atomic E-state index is 4.23. The van der Waals surface area contributed by atoms with E-state index < -0.39 is 0 Å². The van der Waals surface area contributed by atoms with Crippen LogP contribution in [0.3, 0.4) is 0 Å². The topological polar surface area (TPSA) is 30.7 Å². The number of hydrogen-bond acceptors (Lipinski definition) is 2. The molecule has 0 atom stereocenters. The molecule has 1 rings (SSSR count). The van der Waals surface area contributed by atoms with Gasteiger partial charge in [-0.2, -0.15) is 0 Å². The molecule has 0 spiro atoms. The van der Waals surface area contributed by atoms with Crippen LogP contribution < -0.4 is 0 Å². The molecule has 1 aromatic rings. The first kappa shape index (κ1) is 14.2. The summed E-state index contributed by atoms with van der Waals surface area (Å²) in [6.45, 7) is 5.51. The predicted molar refractivity (Wildman–Crippen MR) is 72.0 cm³/mol. The summed E-state index contributed by atoms with van der Waals surface area (Å²) in [6, 6.07) is 0. The molecule has 0 fully saturated rings. The van der Waals surface area contributed by atoms with Gasteiger partial charge in [0.2, 0.25) is 0 Å². The summed E-state index contributed by atoms with van der Waals surface area (Å²) in [5.74, 6) is 0. The number of nitrogens with zero attached hydrogens (tertiary/aromatic N) is 3. The SMILES string of the molecule is CCCCCCc1cn(CCCCCC)nn1. The van der Waals surface area contributed by atoms with Crippen molar-refractivity contribution in [2.45, 2.75) is 78.2 Å². The Morgan fingerprint density at radius 1 is 0.941 bits per heavy atom. The summed E-state index contributed by atoms with van der Waals surface area (Å²) in [5.41, 5.74) is 1.16. The minimum atomic E-state index is 1.03. The zero-order valence-electron chi connectivity index (χ0n) is 11.5. The minimum absolute atomic E-state index is 1.03. The standard InChI is InChI=1S/C14H27N3/c1-3-5-7-9-11-14-13-17(16-15-14)12-10-8-6-4-2/h13H,3-12H2,1-2H3. The van der Waals surface area contributed by atoms with Gasteiger partial charge in [0.1, 0.15) is 0 Å². The Morgan fingerprint density at radius 3 is 2.35 bits per heavy atom. The van der Waals surface area contributed by atoms with Crippen LogP contribution in [-0.4, -0.2) is 15.0 Å². The van der Waals surface area contributed by atoms with Crippen LogP contribution in [0, 0.1) is 0 Å². The molecule has 3 heteroatoms. The van der Waals surface area contributed by atoms with Gasteiger partial charge in [0.05, 0.1) is 5.69 Å². The van der Waals surface area contributed by atoms with E-state index in [9.17, 15) is 0 Å². The number of aromatic nitrogens is 3. The zero-order valence-corrected chi connectivity index (χ0v) is 11.5. The lowest BCUT2D eigenvalue weighted by atomic mass is 10.1. The summed E-state index contributed by atoms with van der Waals surface area (Å²) in [4.78, 5) is 0. The third kappa shape index (κ3) is 6.44. The average molecular weight is 237 g/mol. The van der Waals surface area contributed by atoms with E-state index in [0.29, 0.717) is 0 Å². The molecule has 1 aromatic heterocycles. The van der Waals surface area contributed by atoms with E-state index in [1.807, 2.05) is 4.68 Å². The van der Waals surface area contributed by atoms with Gasteiger partial charge in [-0.05, 0) is 19.3 Å². The van der Waals surface area contributed by atoms with Crippen molar-refractivity contribution in [3.05, 3.63) is 11.9 Å². The second-order valence-electron chi connectivity index (χ2n) is 4.84. The normalized spacial score (nSPS) is 10.9. The van der Waals surface area contributed by atoms with Crippen LogP contribution in [0.2, 0.25) is 0 Å². The summed E-state index contributed by atoms with van der Waals surface area (Å²) in [5, 5.41) is 8.41. The van der Waals surface area contributed by atoms with Gasteiger partial charge in [0.15, 0.2) is 0 Å². The molecule has 98 valence electrons. The van der Waals surface area contributed by atoms with E-state index in [2.05, 4.69) is 30.4 Å². The van der Waals surface area contributed by atoms with Gasteiger partial charge < -0.3 is 0 Å². The number of rotatable bonds is 10. The van der Waals surface area contributed by atoms with Crippen molar-refractivity contribution in [2.75, 3.05) is 0 Å². The van der Waals surface area contributed by atoms with E-state index >= 15 is 0 Å². The second kappa shape index (κ2) is 9.20. The highest BCUT2D eigenvalue weighted by atomic mass is 15.4. The van der Waals surface area contributed by atoms with Crippen molar-refractivity contribution in [3.63, 3.8) is 0 Å². The number of hydrogen-bond donors (Lipinski definition) is 0. The number of aryl methyl sites for hydroxylation is 2. The van der Waals surface area contributed by atoms with Crippen LogP contribution in [-0.2, 0) is 13.0 Å². The Bertz CT molecular complexity index is 254. The highest BCUT2D eigenvalue weighted by Crippen LogP contribution is 2.06. The minimum Gasteiger partial charge on any atom is -0.252 e. The van der Waals surface area contributed by atoms with Crippen molar-refractivity contribution in [1.29, 1.82) is 0 Å². The lowest BCUT2D eigenvalue weighted by molar-refractivity contribution is 0.527. The van der Waals surface area contributed by atoms with Gasteiger partial charge in [0.25, 0.3) is 0 Å². The molecule has 3 nitrogen and oxygen atoms in total. The second-order valence-corrected chi connectivity index (χ2v) is 4.84. The molecule has 0 aromatic carbocycles. The molecule has 0 aliphatic carbocycles. The molecule has 0 saturated heterocycles. The van der Waals surface area contributed by atoms with E-state index in [1.165, 1.54) is 51.4 Å². The first-order valence-corrected chi connectivity index (χ1v) is 7.25. The lowest BCUT2D eigenvalue weighted by Gasteiger charge is -1.99. The van der Waals surface area contributed by atoms with Crippen molar-refractivity contribution >= 4 is 0 Å². The van der Waals surface area contributed by atoms with Gasteiger partial charge in [-0.15, -0.1) is 5.10 Å². The van der Waals surface area contributed by atoms with Gasteiger partial charge >= 0.3 is 0 Å². The van der Waals surface area contributed by atoms with E-state index in [4.69, 9.17) is 0 Å². The van der Waals surface area contributed by atoms with Crippen LogP contribution in [0.1, 0.15) is 70.9 Å². The van der Waals surface area contributed by atoms with Crippen molar-refractivity contribution in [3.8, 4) is 0 Å². The maximum atomic E-state index is 4.23. The lowest BCUT2D eigenvalue weighted by Crippen LogP contribution is -1.98. The summed E-state index contributed by atoms with van der Waals surface area (Å²) < 4.78 is 2.00. The van der Waals surface area contributed by atoms with Crippen molar-refractivity contribution in [1.82, 2.24) is 15.0 Å². The Labute approximate surface area is 106 Å². The number of unbranched alkanes of at least 4 members (excludes halogenated alkanes) is 6. The van der Waals surface area contributed by atoms with Crippen molar-refractivity contribution in [2.24, 2.45) is 0 Å². The molecular formula is C14H27N3. The fourth-order valence-electron chi connectivity index (χ4n) is 2.00. The molecule has 0 unspecified atom stereocenters. The Kier molecular flexibility index (Phi) is 7.69. The van der Waals surface area contributed by atoms with Crippen LogP contribution in [0.5, 0.6) is 0 Å². The predicted octanol–water partition coefficient (Wildman–Crippen LogP) is 3.98. The smallest absolute Gasteiger partial charge is 0.0827 e. The van der Waals surface area contributed by atoms with E-state index in [0.717, 1.165) is 18.7 Å². The molecule has 0 amide bonds. The molecule has 17 heavy (non-hydrogen) atoms. The molecular weight excluding hydrogens is 210 g/mol. The first-order chi connectivity index (χ1) is 8.36. The van der Waals surface area contributed by atoms with Crippen LogP contribution in [0.15, 0.2) is 6.20 Å². The van der Waals surface area contributed by atoms with Crippen molar-refractivity contribution < 1.29 is 0 Å². The maximum Gasteiger partial charge on any atom is 0.0827 e. The Morgan fingerprint density at radius 2 is 1.65 bits per heavy atom. The Balaban J connectivity index is 2.14. The van der Waals surface area contributed by atoms with Crippen LogP contribution in [0.4, 0.5) is 0 Å². The third-order valence-corrected chi connectivity index (χ3v) is 3.11. The first-order valence-electron chi connectivity index (χ1n) is 7.25. The fraction of sp³-hybridized carbons (Fsp3) is 0.857. The van der Waals surface area contributed by atoms with Crippen LogP contribution >= 0.6 is 0 Å². The molecule has 0 radical (unpaired) electrons. The van der Waals surface area contributed by atoms with Gasteiger partial charge in [-0.1, -0.05) is 57.6 Å². The van der Waals surface area contributed by atoms with Crippen LogP contribution in [0.25, 0.3) is 0 Å². The fourth-order valence-corrected chi connectivity index (χ4v) is 2.00. The molecule has 0 aliphatic heterocycles. The molecule has 0 saturated carbocycles. The third-order valence-electron chi connectivity index (χ3n) is 3.11. The Hall–Kier alpha value is -0.860. The van der Waals surface area contributed by atoms with E-state index in [1.54, 1.807) is 0 Å².